The van der Waals surface area contributed by atoms with Gasteiger partial charge < -0.3 is 9.13 Å². The van der Waals surface area contributed by atoms with Crippen LogP contribution in [0.25, 0.3) is 28.4 Å². The van der Waals surface area contributed by atoms with Crippen molar-refractivity contribution < 1.29 is 0 Å². The lowest BCUT2D eigenvalue weighted by Gasteiger charge is -2.09. The third-order valence-electron chi connectivity index (χ3n) is 4.45. The van der Waals surface area contributed by atoms with Crippen LogP contribution in [0.1, 0.15) is 11.4 Å². The topological polar surface area (TPSA) is 53.5 Å². The Morgan fingerprint density at radius 1 is 1.00 bits per heavy atom. The van der Waals surface area contributed by atoms with Crippen molar-refractivity contribution in [3.05, 3.63) is 48.3 Å². The van der Waals surface area contributed by atoms with E-state index in [-0.39, 0.29) is 0 Å². The van der Waals surface area contributed by atoms with Gasteiger partial charge in [0.2, 0.25) is 0 Å². The molecule has 3 heterocycles. The molecule has 4 aromatic rings. The third-order valence-corrected chi connectivity index (χ3v) is 4.45. The molecule has 4 rings (SSSR count). The van der Waals surface area contributed by atoms with E-state index in [1.54, 1.807) is 0 Å². The van der Waals surface area contributed by atoms with Gasteiger partial charge in [-0.25, -0.2) is 15.0 Å². The van der Waals surface area contributed by atoms with Gasteiger partial charge in [-0.15, -0.1) is 0 Å². The number of nitrogens with zero attached hydrogens (tertiary/aromatic N) is 6. The average Bonchev–Trinajstić information content (AvgIpc) is 3.23. The fraction of sp³-hybridized carbons (Fsp3) is 0.235. The van der Waals surface area contributed by atoms with E-state index in [1.165, 1.54) is 0 Å². The Labute approximate surface area is 134 Å². The number of fused-ring (bicyclic) bond motifs is 1. The zero-order valence-corrected chi connectivity index (χ0v) is 13.6. The minimum atomic E-state index is 0.838. The first-order valence-corrected chi connectivity index (χ1v) is 7.51. The Hall–Kier alpha value is -2.89. The highest BCUT2D eigenvalue weighted by atomic mass is 15.2. The first-order chi connectivity index (χ1) is 11.1. The van der Waals surface area contributed by atoms with Gasteiger partial charge in [0, 0.05) is 37.9 Å². The van der Waals surface area contributed by atoms with E-state index in [2.05, 4.69) is 43.1 Å². The van der Waals surface area contributed by atoms with Gasteiger partial charge in [-0.05, 0) is 32.0 Å². The highest BCUT2D eigenvalue weighted by molar-refractivity contribution is 5.78. The van der Waals surface area contributed by atoms with Crippen molar-refractivity contribution in [3.8, 4) is 17.3 Å². The number of hydrogen-bond acceptors (Lipinski definition) is 3. The van der Waals surface area contributed by atoms with E-state index >= 15 is 0 Å². The molecule has 0 N–H and O–H groups in total. The molecule has 1 aromatic carbocycles. The number of benzene rings is 1. The summed E-state index contributed by atoms with van der Waals surface area (Å²) in [6.45, 7) is 4.09. The van der Waals surface area contributed by atoms with Gasteiger partial charge in [-0.3, -0.25) is 4.57 Å². The Kier molecular flexibility index (Phi) is 2.87. The second-order valence-corrected chi connectivity index (χ2v) is 5.81. The van der Waals surface area contributed by atoms with E-state index in [1.807, 2.05) is 50.4 Å². The SMILES string of the molecule is Cc1nc(-c2nccn2-c2ccc3ncn(C)c3c2)n(C)c1C. The Morgan fingerprint density at radius 2 is 1.83 bits per heavy atom. The van der Waals surface area contributed by atoms with Gasteiger partial charge >= 0.3 is 0 Å². The van der Waals surface area contributed by atoms with Crippen molar-refractivity contribution in [1.82, 2.24) is 28.7 Å². The first-order valence-electron chi connectivity index (χ1n) is 7.51. The maximum absolute atomic E-state index is 4.67. The van der Waals surface area contributed by atoms with Crippen molar-refractivity contribution in [2.24, 2.45) is 14.1 Å². The third kappa shape index (κ3) is 1.98. The molecule has 0 saturated heterocycles. The van der Waals surface area contributed by atoms with Crippen molar-refractivity contribution in [3.63, 3.8) is 0 Å². The lowest BCUT2D eigenvalue weighted by Crippen LogP contribution is -2.02. The van der Waals surface area contributed by atoms with Gasteiger partial charge in [-0.1, -0.05) is 0 Å². The molecule has 6 nitrogen and oxygen atoms in total. The summed E-state index contributed by atoms with van der Waals surface area (Å²) in [6.07, 6.45) is 5.60. The van der Waals surface area contributed by atoms with Crippen LogP contribution in [-0.2, 0) is 14.1 Å². The number of imidazole rings is 3. The minimum absolute atomic E-state index is 0.838. The summed E-state index contributed by atoms with van der Waals surface area (Å²) in [6, 6.07) is 6.21. The Balaban J connectivity index is 1.91. The highest BCUT2D eigenvalue weighted by Crippen LogP contribution is 2.24. The molecule has 0 aliphatic rings. The number of aryl methyl sites for hydroxylation is 2. The summed E-state index contributed by atoms with van der Waals surface area (Å²) in [5.74, 6) is 1.71. The van der Waals surface area contributed by atoms with Crippen molar-refractivity contribution >= 4 is 11.0 Å². The van der Waals surface area contributed by atoms with Crippen LogP contribution in [-0.4, -0.2) is 28.7 Å². The van der Waals surface area contributed by atoms with Gasteiger partial charge in [0.05, 0.1) is 23.1 Å². The van der Waals surface area contributed by atoms with Crippen molar-refractivity contribution in [2.45, 2.75) is 13.8 Å². The van der Waals surface area contributed by atoms with E-state index in [9.17, 15) is 0 Å². The van der Waals surface area contributed by atoms with Crippen LogP contribution >= 0.6 is 0 Å². The predicted octanol–water partition coefficient (Wildman–Crippen LogP) is 2.78. The van der Waals surface area contributed by atoms with Gasteiger partial charge in [0.25, 0.3) is 0 Å². The predicted molar refractivity (Wildman–Crippen MR) is 89.5 cm³/mol. The van der Waals surface area contributed by atoms with Crippen LogP contribution < -0.4 is 0 Å². The molecule has 0 spiro atoms. The summed E-state index contributed by atoms with van der Waals surface area (Å²) in [4.78, 5) is 13.6. The van der Waals surface area contributed by atoms with Crippen LogP contribution in [0.5, 0.6) is 0 Å². The molecule has 0 atom stereocenters. The molecular weight excluding hydrogens is 288 g/mol. The van der Waals surface area contributed by atoms with E-state index in [4.69, 9.17) is 0 Å². The number of aromatic nitrogens is 6. The quantitative estimate of drug-likeness (QED) is 0.572. The van der Waals surface area contributed by atoms with Crippen LogP contribution in [0.3, 0.4) is 0 Å². The lowest BCUT2D eigenvalue weighted by atomic mass is 10.2. The van der Waals surface area contributed by atoms with Crippen LogP contribution in [0.2, 0.25) is 0 Å². The summed E-state index contributed by atoms with van der Waals surface area (Å²) in [5.41, 5.74) is 5.30. The van der Waals surface area contributed by atoms with Gasteiger partial charge in [0.15, 0.2) is 11.6 Å². The molecular formula is C17H18N6. The summed E-state index contributed by atoms with van der Waals surface area (Å²) < 4.78 is 6.16. The molecule has 0 amide bonds. The molecule has 6 heteroatoms. The van der Waals surface area contributed by atoms with Crippen LogP contribution in [0, 0.1) is 13.8 Å². The molecule has 23 heavy (non-hydrogen) atoms. The molecule has 0 saturated carbocycles. The first kappa shape index (κ1) is 13.8. The second kappa shape index (κ2) is 4.81. The minimum Gasteiger partial charge on any atom is -0.334 e. The Bertz CT molecular complexity index is 1020. The largest absolute Gasteiger partial charge is 0.334 e. The number of hydrogen-bond donors (Lipinski definition) is 0. The lowest BCUT2D eigenvalue weighted by molar-refractivity contribution is 0.863. The van der Waals surface area contributed by atoms with Crippen molar-refractivity contribution in [1.29, 1.82) is 0 Å². The summed E-state index contributed by atoms with van der Waals surface area (Å²) in [7, 11) is 4.02. The highest BCUT2D eigenvalue weighted by Gasteiger charge is 2.16. The van der Waals surface area contributed by atoms with Gasteiger partial charge in [0.1, 0.15) is 0 Å². The maximum atomic E-state index is 4.67. The standard InChI is InChI=1S/C17H18N6/c1-11-12(2)22(4)17(20-11)16-18-7-8-23(16)13-5-6-14-15(9-13)21(3)10-19-14/h5-10H,1-4H3. The second-order valence-electron chi connectivity index (χ2n) is 5.81. The van der Waals surface area contributed by atoms with E-state index < -0.39 is 0 Å². The normalized spacial score (nSPS) is 11.5. The smallest absolute Gasteiger partial charge is 0.181 e. The van der Waals surface area contributed by atoms with Crippen molar-refractivity contribution in [2.75, 3.05) is 0 Å². The Morgan fingerprint density at radius 3 is 2.57 bits per heavy atom. The molecule has 0 unspecified atom stereocenters. The summed E-state index contributed by atoms with van der Waals surface area (Å²) in [5, 5.41) is 0. The fourth-order valence-corrected chi connectivity index (χ4v) is 2.86. The molecule has 3 aromatic heterocycles. The van der Waals surface area contributed by atoms with Crippen LogP contribution in [0.15, 0.2) is 36.9 Å². The summed E-state index contributed by atoms with van der Waals surface area (Å²) >= 11 is 0. The molecule has 116 valence electrons. The number of rotatable bonds is 2. The monoisotopic (exact) mass is 306 g/mol. The molecule has 0 aliphatic heterocycles. The van der Waals surface area contributed by atoms with E-state index in [0.29, 0.717) is 0 Å². The average molecular weight is 306 g/mol. The molecule has 0 radical (unpaired) electrons. The molecule has 0 fully saturated rings. The zero-order chi connectivity index (χ0) is 16.1. The van der Waals surface area contributed by atoms with Gasteiger partial charge in [-0.2, -0.15) is 0 Å². The maximum Gasteiger partial charge on any atom is 0.181 e. The zero-order valence-electron chi connectivity index (χ0n) is 13.6. The molecule has 0 bridgehead atoms. The van der Waals surface area contributed by atoms with Crippen LogP contribution in [0.4, 0.5) is 0 Å². The van der Waals surface area contributed by atoms with E-state index in [0.717, 1.165) is 39.8 Å². The fourth-order valence-electron chi connectivity index (χ4n) is 2.86. The molecule has 0 aliphatic carbocycles.